The minimum absolute atomic E-state index is 0.0990. The van der Waals surface area contributed by atoms with Crippen molar-refractivity contribution in [2.75, 3.05) is 7.11 Å². The number of aryl methyl sites for hydroxylation is 1. The van der Waals surface area contributed by atoms with Crippen LogP contribution in [-0.4, -0.2) is 12.9 Å². The van der Waals surface area contributed by atoms with Crippen LogP contribution >= 0.6 is 0 Å². The zero-order valence-electron chi connectivity index (χ0n) is 15.0. The Morgan fingerprint density at radius 1 is 1.08 bits per heavy atom. The number of ketones is 1. The smallest absolute Gasteiger partial charge is 0.200 e. The normalized spacial score (nSPS) is 17.2. The Bertz CT molecular complexity index is 838. The lowest BCUT2D eigenvalue weighted by molar-refractivity contribution is -0.116. The first-order valence-corrected chi connectivity index (χ1v) is 8.90. The Morgan fingerprint density at radius 3 is 2.42 bits per heavy atom. The van der Waals surface area contributed by atoms with Crippen LogP contribution in [0.15, 0.2) is 42.5 Å². The first kappa shape index (κ1) is 18.3. The zero-order valence-corrected chi connectivity index (χ0v) is 15.0. The summed E-state index contributed by atoms with van der Waals surface area (Å²) in [5.41, 5.74) is 3.33. The zero-order chi connectivity index (χ0) is 18.7. The Labute approximate surface area is 152 Å². The van der Waals surface area contributed by atoms with Gasteiger partial charge in [-0.3, -0.25) is 4.79 Å². The van der Waals surface area contributed by atoms with Gasteiger partial charge in [-0.1, -0.05) is 43.7 Å². The largest absolute Gasteiger partial charge is 0.494 e. The molecule has 2 aromatic rings. The first-order chi connectivity index (χ1) is 12.5. The summed E-state index contributed by atoms with van der Waals surface area (Å²) in [6.45, 7) is 2.14. The van der Waals surface area contributed by atoms with E-state index in [1.54, 1.807) is 6.08 Å². The molecule has 4 heteroatoms. The van der Waals surface area contributed by atoms with Gasteiger partial charge in [0, 0.05) is 5.56 Å². The van der Waals surface area contributed by atoms with E-state index >= 15 is 0 Å². The van der Waals surface area contributed by atoms with Crippen molar-refractivity contribution in [2.24, 2.45) is 0 Å². The summed E-state index contributed by atoms with van der Waals surface area (Å²) in [6.07, 6.45) is 4.81. The van der Waals surface area contributed by atoms with E-state index in [-0.39, 0.29) is 17.1 Å². The topological polar surface area (TPSA) is 26.3 Å². The number of rotatable bonds is 5. The minimum atomic E-state index is -1.04. The van der Waals surface area contributed by atoms with Crippen LogP contribution in [0, 0.1) is 11.6 Å². The maximum atomic E-state index is 14.3. The van der Waals surface area contributed by atoms with Crippen LogP contribution in [0.1, 0.15) is 48.8 Å². The standard InChI is InChI=1S/C22H22F2O2/c1-3-4-14-5-7-15(8-6-14)16-9-10-17(19(25)13-16)18-11-12-20(26-2)22(24)21(18)23/h5-8,11-13,17H,3-4,9-10H2,1-2H3. The van der Waals surface area contributed by atoms with E-state index in [2.05, 4.69) is 19.1 Å². The average Bonchev–Trinajstić information content (AvgIpc) is 2.65. The highest BCUT2D eigenvalue weighted by molar-refractivity contribution is 6.02. The average molecular weight is 356 g/mol. The monoisotopic (exact) mass is 356 g/mol. The van der Waals surface area contributed by atoms with Crippen LogP contribution in [0.25, 0.3) is 5.57 Å². The molecule has 0 saturated carbocycles. The second-order valence-corrected chi connectivity index (χ2v) is 6.60. The number of hydrogen-bond donors (Lipinski definition) is 0. The second-order valence-electron chi connectivity index (χ2n) is 6.60. The van der Waals surface area contributed by atoms with Gasteiger partial charge in [-0.05, 0) is 48.1 Å². The molecule has 136 valence electrons. The summed E-state index contributed by atoms with van der Waals surface area (Å²) >= 11 is 0. The fraction of sp³-hybridized carbons (Fsp3) is 0.318. The molecule has 26 heavy (non-hydrogen) atoms. The number of carbonyl (C=O) groups is 1. The van der Waals surface area contributed by atoms with Crippen molar-refractivity contribution in [2.45, 2.75) is 38.5 Å². The summed E-state index contributed by atoms with van der Waals surface area (Å²) in [6, 6.07) is 11.0. The fourth-order valence-electron chi connectivity index (χ4n) is 3.47. The molecule has 0 saturated heterocycles. The van der Waals surface area contributed by atoms with E-state index in [0.717, 1.165) is 24.0 Å². The van der Waals surface area contributed by atoms with Crippen LogP contribution in [0.2, 0.25) is 0 Å². The SMILES string of the molecule is CCCc1ccc(C2=CC(=O)C(c3ccc(OC)c(F)c3F)CC2)cc1. The first-order valence-electron chi connectivity index (χ1n) is 8.90. The van der Waals surface area contributed by atoms with Crippen molar-refractivity contribution in [3.8, 4) is 5.75 Å². The van der Waals surface area contributed by atoms with Gasteiger partial charge in [0.05, 0.1) is 13.0 Å². The van der Waals surface area contributed by atoms with E-state index in [1.807, 2.05) is 12.1 Å². The van der Waals surface area contributed by atoms with Gasteiger partial charge in [-0.15, -0.1) is 0 Å². The van der Waals surface area contributed by atoms with E-state index in [0.29, 0.717) is 12.8 Å². The van der Waals surface area contributed by atoms with E-state index in [1.165, 1.54) is 24.8 Å². The third-order valence-corrected chi connectivity index (χ3v) is 4.90. The summed E-state index contributed by atoms with van der Waals surface area (Å²) in [5, 5.41) is 0. The van der Waals surface area contributed by atoms with Gasteiger partial charge in [0.25, 0.3) is 0 Å². The lowest BCUT2D eigenvalue weighted by atomic mass is 9.81. The van der Waals surface area contributed by atoms with Crippen molar-refractivity contribution in [3.63, 3.8) is 0 Å². The molecule has 0 amide bonds. The van der Waals surface area contributed by atoms with Crippen LogP contribution in [-0.2, 0) is 11.2 Å². The Hall–Kier alpha value is -2.49. The number of carbonyl (C=O) groups excluding carboxylic acids is 1. The molecule has 1 aliphatic rings. The van der Waals surface area contributed by atoms with Crippen LogP contribution in [0.5, 0.6) is 5.75 Å². The van der Waals surface area contributed by atoms with Crippen molar-refractivity contribution in [3.05, 3.63) is 70.8 Å². The molecule has 2 aromatic carbocycles. The number of allylic oxidation sites excluding steroid dienone is 2. The molecule has 0 radical (unpaired) electrons. The molecule has 0 bridgehead atoms. The molecular formula is C22H22F2O2. The minimum Gasteiger partial charge on any atom is -0.494 e. The Kier molecular flexibility index (Phi) is 5.50. The van der Waals surface area contributed by atoms with Gasteiger partial charge in [0.2, 0.25) is 5.82 Å². The molecule has 0 aliphatic heterocycles. The number of hydrogen-bond acceptors (Lipinski definition) is 2. The third-order valence-electron chi connectivity index (χ3n) is 4.90. The Balaban J connectivity index is 1.84. The van der Waals surface area contributed by atoms with E-state index in [4.69, 9.17) is 4.74 Å². The van der Waals surface area contributed by atoms with Crippen LogP contribution < -0.4 is 4.74 Å². The quantitative estimate of drug-likeness (QED) is 0.711. The van der Waals surface area contributed by atoms with Gasteiger partial charge in [0.1, 0.15) is 0 Å². The molecule has 1 atom stereocenters. The molecule has 0 N–H and O–H groups in total. The molecule has 0 heterocycles. The molecule has 3 rings (SSSR count). The molecule has 1 aliphatic carbocycles. The van der Waals surface area contributed by atoms with Crippen LogP contribution in [0.4, 0.5) is 8.78 Å². The van der Waals surface area contributed by atoms with Crippen molar-refractivity contribution >= 4 is 11.4 Å². The highest BCUT2D eigenvalue weighted by atomic mass is 19.2. The van der Waals surface area contributed by atoms with Crippen molar-refractivity contribution in [1.29, 1.82) is 0 Å². The summed E-state index contributed by atoms with van der Waals surface area (Å²) in [4.78, 5) is 12.6. The third kappa shape index (κ3) is 3.55. The summed E-state index contributed by atoms with van der Waals surface area (Å²) in [7, 11) is 1.28. The number of benzene rings is 2. The predicted octanol–water partition coefficient (Wildman–Crippen LogP) is 5.46. The fourth-order valence-corrected chi connectivity index (χ4v) is 3.47. The molecule has 0 aromatic heterocycles. The second kappa shape index (κ2) is 7.81. The number of methoxy groups -OCH3 is 1. The van der Waals surface area contributed by atoms with Gasteiger partial charge >= 0.3 is 0 Å². The summed E-state index contributed by atoms with van der Waals surface area (Å²) < 4.78 is 33.1. The maximum absolute atomic E-state index is 14.3. The van der Waals surface area contributed by atoms with Gasteiger partial charge in [-0.25, -0.2) is 4.39 Å². The highest BCUT2D eigenvalue weighted by Gasteiger charge is 2.29. The van der Waals surface area contributed by atoms with Crippen LogP contribution in [0.3, 0.4) is 0 Å². The predicted molar refractivity (Wildman–Crippen MR) is 98.3 cm³/mol. The van der Waals surface area contributed by atoms with Gasteiger partial charge < -0.3 is 4.74 Å². The number of ether oxygens (including phenoxy) is 1. The molecule has 1 unspecified atom stereocenters. The Morgan fingerprint density at radius 2 is 1.81 bits per heavy atom. The van der Waals surface area contributed by atoms with Gasteiger partial charge in [0.15, 0.2) is 17.3 Å². The maximum Gasteiger partial charge on any atom is 0.200 e. The summed E-state index contributed by atoms with van der Waals surface area (Å²) in [5.74, 6) is -3.04. The molecule has 2 nitrogen and oxygen atoms in total. The van der Waals surface area contributed by atoms with Gasteiger partial charge in [-0.2, -0.15) is 4.39 Å². The van der Waals surface area contributed by atoms with E-state index in [9.17, 15) is 13.6 Å². The van der Waals surface area contributed by atoms with Crippen molar-refractivity contribution < 1.29 is 18.3 Å². The molecular weight excluding hydrogens is 334 g/mol. The molecule has 0 spiro atoms. The number of halogens is 2. The lowest BCUT2D eigenvalue weighted by Crippen LogP contribution is -2.17. The van der Waals surface area contributed by atoms with Crippen molar-refractivity contribution in [1.82, 2.24) is 0 Å². The lowest BCUT2D eigenvalue weighted by Gasteiger charge is -2.22. The molecule has 0 fully saturated rings. The highest BCUT2D eigenvalue weighted by Crippen LogP contribution is 2.36. The van der Waals surface area contributed by atoms with E-state index < -0.39 is 17.6 Å².